The molecule has 1 amide bonds. The zero-order valence-electron chi connectivity index (χ0n) is 9.41. The van der Waals surface area contributed by atoms with E-state index in [1.165, 1.54) is 17.8 Å². The van der Waals surface area contributed by atoms with E-state index in [-0.39, 0.29) is 5.91 Å². The van der Waals surface area contributed by atoms with E-state index in [4.69, 9.17) is 0 Å². The molecule has 1 aromatic rings. The predicted octanol–water partition coefficient (Wildman–Crippen LogP) is 3.77. The fraction of sp³-hybridized carbons (Fsp3) is 0.583. The summed E-state index contributed by atoms with van der Waals surface area (Å²) in [4.78, 5) is 15.0. The molecule has 1 aliphatic heterocycles. The number of halogens is 1. The number of nitrogens with zero attached hydrogens (tertiary/aromatic N) is 1. The second kappa shape index (κ2) is 5.32. The minimum Gasteiger partial charge on any atom is -0.338 e. The third kappa shape index (κ3) is 2.86. The van der Waals surface area contributed by atoms with Crippen LogP contribution in [-0.2, 0) is 0 Å². The van der Waals surface area contributed by atoms with Gasteiger partial charge in [0.2, 0.25) is 0 Å². The molecule has 16 heavy (non-hydrogen) atoms. The Morgan fingerprint density at radius 1 is 1.44 bits per heavy atom. The fourth-order valence-electron chi connectivity index (χ4n) is 2.05. The van der Waals surface area contributed by atoms with Crippen LogP contribution in [0.4, 0.5) is 0 Å². The van der Waals surface area contributed by atoms with Gasteiger partial charge in [-0.05, 0) is 53.2 Å². The molecule has 0 spiro atoms. The van der Waals surface area contributed by atoms with Crippen LogP contribution in [0.5, 0.6) is 0 Å². The maximum atomic E-state index is 12.2. The Morgan fingerprint density at radius 3 is 2.94 bits per heavy atom. The molecule has 0 N–H and O–H groups in total. The summed E-state index contributed by atoms with van der Waals surface area (Å²) in [6, 6.07) is 3.85. The Morgan fingerprint density at radius 2 is 2.25 bits per heavy atom. The number of carbonyl (C=O) groups is 1. The Kier molecular flexibility index (Phi) is 4.03. The van der Waals surface area contributed by atoms with Gasteiger partial charge in [-0.25, -0.2) is 0 Å². The Balaban J connectivity index is 2.04. The zero-order chi connectivity index (χ0) is 11.5. The summed E-state index contributed by atoms with van der Waals surface area (Å²) in [7, 11) is 0. The highest BCUT2D eigenvalue weighted by Gasteiger charge is 2.20. The maximum Gasteiger partial charge on any atom is 0.263 e. The predicted molar refractivity (Wildman–Crippen MR) is 70.9 cm³/mol. The van der Waals surface area contributed by atoms with Crippen LogP contribution in [0.25, 0.3) is 0 Å². The molecule has 0 aromatic carbocycles. The molecule has 1 unspecified atom stereocenters. The van der Waals surface area contributed by atoms with Gasteiger partial charge in [-0.15, -0.1) is 11.3 Å². The summed E-state index contributed by atoms with van der Waals surface area (Å²) in [5.41, 5.74) is 0. The Hall–Kier alpha value is -0.350. The lowest BCUT2D eigenvalue weighted by Crippen LogP contribution is -2.31. The van der Waals surface area contributed by atoms with Gasteiger partial charge in [0.1, 0.15) is 0 Å². The van der Waals surface area contributed by atoms with E-state index in [2.05, 4.69) is 22.9 Å². The highest BCUT2D eigenvalue weighted by Crippen LogP contribution is 2.25. The van der Waals surface area contributed by atoms with E-state index in [1.54, 1.807) is 0 Å². The van der Waals surface area contributed by atoms with Crippen molar-refractivity contribution >= 4 is 33.2 Å². The average molecular weight is 302 g/mol. The van der Waals surface area contributed by atoms with Crippen molar-refractivity contribution in [3.63, 3.8) is 0 Å². The minimum absolute atomic E-state index is 0.199. The molecule has 88 valence electrons. The van der Waals surface area contributed by atoms with E-state index in [1.807, 2.05) is 17.0 Å². The zero-order valence-corrected chi connectivity index (χ0v) is 11.8. The van der Waals surface area contributed by atoms with Gasteiger partial charge in [-0.1, -0.05) is 6.92 Å². The van der Waals surface area contributed by atoms with Crippen LogP contribution in [-0.4, -0.2) is 23.9 Å². The highest BCUT2D eigenvalue weighted by molar-refractivity contribution is 9.11. The lowest BCUT2D eigenvalue weighted by molar-refractivity contribution is 0.0765. The molecule has 0 saturated carbocycles. The van der Waals surface area contributed by atoms with E-state index < -0.39 is 0 Å². The van der Waals surface area contributed by atoms with Gasteiger partial charge in [-0.3, -0.25) is 4.79 Å². The molecule has 1 aliphatic rings. The molecule has 1 atom stereocenters. The molecule has 2 heterocycles. The first-order chi connectivity index (χ1) is 7.66. The Bertz CT molecular complexity index is 377. The topological polar surface area (TPSA) is 20.3 Å². The first kappa shape index (κ1) is 12.1. The van der Waals surface area contributed by atoms with Crippen LogP contribution in [0.15, 0.2) is 15.9 Å². The van der Waals surface area contributed by atoms with Crippen LogP contribution >= 0.6 is 27.3 Å². The second-order valence-corrected chi connectivity index (χ2v) is 6.90. The molecule has 2 rings (SSSR count). The van der Waals surface area contributed by atoms with Crippen molar-refractivity contribution in [3.8, 4) is 0 Å². The summed E-state index contributed by atoms with van der Waals surface area (Å²) in [5, 5.41) is 0. The van der Waals surface area contributed by atoms with Crippen molar-refractivity contribution in [2.24, 2.45) is 5.92 Å². The molecule has 0 aliphatic carbocycles. The number of carbonyl (C=O) groups excluding carboxylic acids is 1. The normalized spacial score (nSPS) is 21.9. The number of hydrogen-bond acceptors (Lipinski definition) is 2. The summed E-state index contributed by atoms with van der Waals surface area (Å²) in [5.74, 6) is 0.956. The van der Waals surface area contributed by atoms with Crippen molar-refractivity contribution in [1.82, 2.24) is 4.90 Å². The molecule has 0 bridgehead atoms. The largest absolute Gasteiger partial charge is 0.338 e. The number of hydrogen-bond donors (Lipinski definition) is 0. The van der Waals surface area contributed by atoms with E-state index in [9.17, 15) is 4.79 Å². The molecule has 1 saturated heterocycles. The quantitative estimate of drug-likeness (QED) is 0.773. The Labute approximate surface area is 109 Å². The highest BCUT2D eigenvalue weighted by atomic mass is 79.9. The van der Waals surface area contributed by atoms with Gasteiger partial charge in [0, 0.05) is 13.1 Å². The van der Waals surface area contributed by atoms with Crippen molar-refractivity contribution in [2.75, 3.05) is 13.1 Å². The lowest BCUT2D eigenvalue weighted by Gasteiger charge is -2.19. The van der Waals surface area contributed by atoms with Gasteiger partial charge in [0.25, 0.3) is 5.91 Å². The third-order valence-corrected chi connectivity index (χ3v) is 4.70. The second-order valence-electron chi connectivity index (χ2n) is 4.43. The maximum absolute atomic E-state index is 12.2. The van der Waals surface area contributed by atoms with Gasteiger partial charge in [0.05, 0.1) is 8.66 Å². The SMILES string of the molecule is CC1CCCN(C(=O)c2ccc(Br)s2)CC1. The summed E-state index contributed by atoms with van der Waals surface area (Å²) >= 11 is 4.92. The average Bonchev–Trinajstić information content (AvgIpc) is 2.57. The van der Waals surface area contributed by atoms with Gasteiger partial charge in [-0.2, -0.15) is 0 Å². The van der Waals surface area contributed by atoms with Crippen LogP contribution < -0.4 is 0 Å². The van der Waals surface area contributed by atoms with Crippen molar-refractivity contribution in [3.05, 3.63) is 20.8 Å². The molecular formula is C12H16BrNOS. The number of thiophene rings is 1. The molecule has 1 aromatic heterocycles. The van der Waals surface area contributed by atoms with E-state index in [0.29, 0.717) is 0 Å². The van der Waals surface area contributed by atoms with Gasteiger partial charge in [0.15, 0.2) is 0 Å². The summed E-state index contributed by atoms with van der Waals surface area (Å²) < 4.78 is 1.03. The van der Waals surface area contributed by atoms with E-state index in [0.717, 1.165) is 40.5 Å². The first-order valence-electron chi connectivity index (χ1n) is 5.71. The molecular weight excluding hydrogens is 286 g/mol. The smallest absolute Gasteiger partial charge is 0.263 e. The molecule has 1 fully saturated rings. The number of amides is 1. The standard InChI is InChI=1S/C12H16BrNOS/c1-9-3-2-7-14(8-6-9)12(15)10-4-5-11(13)16-10/h4-5,9H,2-3,6-8H2,1H3. The monoisotopic (exact) mass is 301 g/mol. The van der Waals surface area contributed by atoms with Crippen LogP contribution in [0, 0.1) is 5.92 Å². The number of likely N-dealkylation sites (tertiary alicyclic amines) is 1. The molecule has 0 radical (unpaired) electrons. The first-order valence-corrected chi connectivity index (χ1v) is 7.32. The van der Waals surface area contributed by atoms with Crippen LogP contribution in [0.1, 0.15) is 35.9 Å². The molecule has 4 heteroatoms. The lowest BCUT2D eigenvalue weighted by atomic mass is 10.0. The molecule has 2 nitrogen and oxygen atoms in total. The third-order valence-electron chi connectivity index (χ3n) is 3.09. The van der Waals surface area contributed by atoms with Crippen molar-refractivity contribution < 1.29 is 4.79 Å². The van der Waals surface area contributed by atoms with E-state index >= 15 is 0 Å². The van der Waals surface area contributed by atoms with Crippen LogP contribution in [0.3, 0.4) is 0 Å². The van der Waals surface area contributed by atoms with Crippen molar-refractivity contribution in [1.29, 1.82) is 0 Å². The van der Waals surface area contributed by atoms with Gasteiger partial charge < -0.3 is 4.90 Å². The van der Waals surface area contributed by atoms with Crippen molar-refractivity contribution in [2.45, 2.75) is 26.2 Å². The summed E-state index contributed by atoms with van der Waals surface area (Å²) in [6.45, 7) is 4.10. The fourth-order valence-corrected chi connectivity index (χ4v) is 3.41. The van der Waals surface area contributed by atoms with Crippen LogP contribution in [0.2, 0.25) is 0 Å². The van der Waals surface area contributed by atoms with Gasteiger partial charge >= 0.3 is 0 Å². The minimum atomic E-state index is 0.199. The summed E-state index contributed by atoms with van der Waals surface area (Å²) in [6.07, 6.45) is 3.52. The number of rotatable bonds is 1.